The molecule has 3 N–H and O–H groups in total. The van der Waals surface area contributed by atoms with E-state index in [1.807, 2.05) is 43.3 Å². The molecule has 3 heterocycles. The molecule has 3 saturated heterocycles. The number of halogens is 1. The zero-order valence-corrected chi connectivity index (χ0v) is 39.9. The van der Waals surface area contributed by atoms with Crippen molar-refractivity contribution in [1.82, 2.24) is 5.32 Å². The van der Waals surface area contributed by atoms with Gasteiger partial charge in [0.05, 0.1) is 53.8 Å². The highest BCUT2D eigenvalue weighted by Crippen LogP contribution is 2.42. The van der Waals surface area contributed by atoms with Crippen LogP contribution in [0, 0.1) is 11.8 Å². The van der Waals surface area contributed by atoms with Crippen LogP contribution in [0.4, 0.5) is 4.79 Å². The van der Waals surface area contributed by atoms with Crippen molar-refractivity contribution < 1.29 is 42.1 Å². The fourth-order valence-electron chi connectivity index (χ4n) is 9.99. The molecule has 344 valence electrons. The molecule has 10 nitrogen and oxygen atoms in total. The third-order valence-electron chi connectivity index (χ3n) is 13.8. The van der Waals surface area contributed by atoms with Crippen molar-refractivity contribution in [1.29, 1.82) is 0 Å². The number of ether oxygens (including phenoxy) is 4. The molecule has 3 fully saturated rings. The van der Waals surface area contributed by atoms with E-state index in [2.05, 4.69) is 56.6 Å². The molecule has 3 aromatic carbocycles. The number of carbonyl (C=O) groups is 1. The van der Waals surface area contributed by atoms with Gasteiger partial charge in [-0.3, -0.25) is 0 Å². The summed E-state index contributed by atoms with van der Waals surface area (Å²) in [5.74, 6) is -0.951. The number of amides is 1. The molecule has 0 saturated carbocycles. The van der Waals surface area contributed by atoms with Crippen molar-refractivity contribution in [3.05, 3.63) is 115 Å². The number of cyclic esters (lactones) is 1. The zero-order valence-electron chi connectivity index (χ0n) is 37.4. The van der Waals surface area contributed by atoms with Gasteiger partial charge in [0.15, 0.2) is 9.84 Å². The molecule has 0 aliphatic carbocycles. The quantitative estimate of drug-likeness (QED) is 0.0375. The molecule has 0 aromatic heterocycles. The van der Waals surface area contributed by atoms with Gasteiger partial charge in [0.1, 0.15) is 6.10 Å². The third-order valence-corrected chi connectivity index (χ3v) is 20.5. The first-order chi connectivity index (χ1) is 30.0. The number of unbranched alkanes of at least 4 members (excludes halogenated alkanes) is 1. The number of sulfone groups is 1. The molecule has 1 amide bonds. The van der Waals surface area contributed by atoms with Gasteiger partial charge in [-0.15, -0.1) is 11.6 Å². The van der Waals surface area contributed by atoms with Crippen LogP contribution >= 0.6 is 11.6 Å². The largest absolute Gasteiger partial charge is 0.444 e. The van der Waals surface area contributed by atoms with Crippen molar-refractivity contribution >= 4 is 46.2 Å². The Balaban J connectivity index is 0.972. The van der Waals surface area contributed by atoms with Gasteiger partial charge >= 0.3 is 6.09 Å². The van der Waals surface area contributed by atoms with Gasteiger partial charge in [0, 0.05) is 31.2 Å². The second kappa shape index (κ2) is 21.8. The number of alkyl halides is 1. The maximum atomic E-state index is 13.6. The number of rotatable bonds is 23. The predicted octanol–water partition coefficient (Wildman–Crippen LogP) is 7.88. The number of aliphatic hydroxyl groups excluding tert-OH is 1. The van der Waals surface area contributed by atoms with Crippen molar-refractivity contribution in [3.8, 4) is 0 Å². The highest BCUT2D eigenvalue weighted by Gasteiger charge is 2.50. The molecule has 0 spiro atoms. The van der Waals surface area contributed by atoms with Crippen LogP contribution in [0.15, 0.2) is 120 Å². The molecule has 3 aromatic rings. The summed E-state index contributed by atoms with van der Waals surface area (Å²) in [6.45, 7) is 15.4. The van der Waals surface area contributed by atoms with E-state index in [0.29, 0.717) is 31.4 Å². The number of hydrogen-bond acceptors (Lipinski definition) is 9. The Hall–Kier alpha value is -3.33. The first kappa shape index (κ1) is 49.1. The highest BCUT2D eigenvalue weighted by atomic mass is 35.5. The van der Waals surface area contributed by atoms with E-state index in [-0.39, 0.29) is 45.6 Å². The highest BCUT2D eigenvalue weighted by molar-refractivity contribution is 7.91. The number of nitrogens with one attached hydrogen (secondary N) is 1. The van der Waals surface area contributed by atoms with Gasteiger partial charge in [0.2, 0.25) is 0 Å². The number of hydrogen-bond donors (Lipinski definition) is 3. The summed E-state index contributed by atoms with van der Waals surface area (Å²) < 4.78 is 51.5. The Labute approximate surface area is 381 Å². The van der Waals surface area contributed by atoms with Crippen LogP contribution in [0.5, 0.6) is 0 Å². The van der Waals surface area contributed by atoms with Crippen LogP contribution in [-0.2, 0) is 28.8 Å². The van der Waals surface area contributed by atoms with E-state index in [0.717, 1.165) is 54.5 Å². The average Bonchev–Trinajstić information content (AvgIpc) is 3.95. The van der Waals surface area contributed by atoms with Crippen LogP contribution in [0.1, 0.15) is 85.0 Å². The smallest absolute Gasteiger partial charge is 0.407 e. The van der Waals surface area contributed by atoms with Crippen LogP contribution < -0.4 is 15.7 Å². The van der Waals surface area contributed by atoms with Crippen LogP contribution in [0.25, 0.3) is 0 Å². The van der Waals surface area contributed by atoms with E-state index in [1.54, 1.807) is 30.3 Å². The normalized spacial score (nSPS) is 25.7. The van der Waals surface area contributed by atoms with E-state index < -0.39 is 60.7 Å². The lowest BCUT2D eigenvalue weighted by atomic mass is 9.86. The summed E-state index contributed by atoms with van der Waals surface area (Å²) in [4.78, 5) is 24.5. The number of methoxy groups -OCH3 is 1. The SMILES string of the molecule is C=C([C@H](C)C[C@@H](Cl)CC[C@@H]1O[C@@H](CCCCC(C)(C)[Si](O)(c2ccccc2)c2ccccc2)CC1=C)[C@H](O)C[C@@H]1O[C@H](C[C@H]2CNC(=O)O2)[C@H](OC)[C@H]1CS(=O)(=O)c1ccccc1. The maximum Gasteiger partial charge on any atom is 0.407 e. The fourth-order valence-corrected chi connectivity index (χ4v) is 15.8. The Kier molecular flexibility index (Phi) is 17.0. The molecular formula is C50H68ClNO9SSi. The number of carbonyl (C=O) groups excluding carboxylic acids is 1. The summed E-state index contributed by atoms with van der Waals surface area (Å²) in [7, 11) is -5.24. The maximum absolute atomic E-state index is 13.6. The summed E-state index contributed by atoms with van der Waals surface area (Å²) in [6, 6.07) is 28.6. The Morgan fingerprint density at radius 3 is 2.16 bits per heavy atom. The lowest BCUT2D eigenvalue weighted by Gasteiger charge is -2.41. The molecular weight excluding hydrogens is 854 g/mol. The minimum Gasteiger partial charge on any atom is -0.444 e. The fraction of sp³-hybridized carbons (Fsp3) is 0.540. The van der Waals surface area contributed by atoms with Gasteiger partial charge in [-0.25, -0.2) is 13.2 Å². The van der Waals surface area contributed by atoms with E-state index in [9.17, 15) is 23.1 Å². The van der Waals surface area contributed by atoms with Gasteiger partial charge in [0.25, 0.3) is 8.32 Å². The summed E-state index contributed by atoms with van der Waals surface area (Å²) in [5.41, 5.74) is 1.71. The summed E-state index contributed by atoms with van der Waals surface area (Å²) in [5, 5.41) is 15.8. The van der Waals surface area contributed by atoms with E-state index in [1.165, 1.54) is 7.11 Å². The van der Waals surface area contributed by atoms with Gasteiger partial charge in [-0.05, 0) is 83.1 Å². The van der Waals surface area contributed by atoms with Gasteiger partial charge in [-0.2, -0.15) is 0 Å². The summed E-state index contributed by atoms with van der Waals surface area (Å²) in [6.07, 6.45) is 3.48. The van der Waals surface area contributed by atoms with Crippen LogP contribution in [-0.4, -0.2) is 100 Å². The minimum atomic E-state index is -3.73. The molecule has 63 heavy (non-hydrogen) atoms. The number of aliphatic hydroxyl groups is 1. The molecule has 0 bridgehead atoms. The molecule has 3 aliphatic heterocycles. The first-order valence-electron chi connectivity index (χ1n) is 22.6. The zero-order chi connectivity index (χ0) is 45.4. The van der Waals surface area contributed by atoms with Gasteiger partial charge in [-0.1, -0.05) is 126 Å². The second-order valence-electron chi connectivity index (χ2n) is 18.6. The van der Waals surface area contributed by atoms with Crippen molar-refractivity contribution in [2.75, 3.05) is 19.4 Å². The monoisotopic (exact) mass is 921 g/mol. The molecule has 6 rings (SSSR count). The third kappa shape index (κ3) is 12.1. The van der Waals surface area contributed by atoms with Crippen molar-refractivity contribution in [2.24, 2.45) is 11.8 Å². The predicted molar refractivity (Wildman–Crippen MR) is 252 cm³/mol. The lowest BCUT2D eigenvalue weighted by Crippen LogP contribution is -2.65. The second-order valence-corrected chi connectivity index (χ2v) is 25.2. The van der Waals surface area contributed by atoms with Crippen molar-refractivity contribution in [3.63, 3.8) is 0 Å². The Morgan fingerprint density at radius 2 is 1.57 bits per heavy atom. The Bertz CT molecular complexity index is 2030. The van der Waals surface area contributed by atoms with Crippen LogP contribution in [0.3, 0.4) is 0 Å². The first-order valence-corrected chi connectivity index (χ1v) is 26.6. The van der Waals surface area contributed by atoms with Crippen molar-refractivity contribution in [2.45, 2.75) is 143 Å². The number of alkyl carbamates (subject to hydrolysis) is 1. The lowest BCUT2D eigenvalue weighted by molar-refractivity contribution is -0.0350. The van der Waals surface area contributed by atoms with E-state index in [4.69, 9.17) is 30.5 Å². The molecule has 3 aliphatic rings. The van der Waals surface area contributed by atoms with Gasteiger partial charge < -0.3 is 34.2 Å². The average molecular weight is 923 g/mol. The minimum absolute atomic E-state index is 0.0562. The standard InChI is InChI=1S/C50H68ClNO9SSi/c1-34(36(3)44(53)31-46-43(33-62(55,56)40-19-10-7-11-20-40)48(58-6)47(61-46)30-39-32-52-49(54)60-39)28-37(51)25-26-45-35(2)29-38(59-45)18-16-17-27-50(4,5)63(57,41-21-12-8-13-22-41)42-23-14-9-15-24-42/h7-15,19-24,34,37-39,43-48,53,57H,2-3,16-18,25-33H2,1,4-6H3,(H,52,54)/t34-,37+,38+,39+,43+,44-,45+,46+,47-,48-/m1/s1. The van der Waals surface area contributed by atoms with Crippen LogP contribution in [0.2, 0.25) is 5.04 Å². The van der Waals surface area contributed by atoms with E-state index >= 15 is 0 Å². The Morgan fingerprint density at radius 1 is 0.952 bits per heavy atom. The molecule has 0 radical (unpaired) electrons. The molecule has 0 unspecified atom stereocenters. The summed E-state index contributed by atoms with van der Waals surface area (Å²) >= 11 is 6.96. The molecule has 10 atom stereocenters. The molecule has 13 heteroatoms. The number of benzene rings is 3. The topological polar surface area (TPSA) is 141 Å².